The van der Waals surface area contributed by atoms with Gasteiger partial charge in [0, 0.05) is 12.6 Å². The van der Waals surface area contributed by atoms with Crippen LogP contribution in [0.15, 0.2) is 39.9 Å². The van der Waals surface area contributed by atoms with Crippen molar-refractivity contribution >= 4 is 11.5 Å². The van der Waals surface area contributed by atoms with Gasteiger partial charge in [0.25, 0.3) is 5.56 Å². The first-order chi connectivity index (χ1) is 11.9. The van der Waals surface area contributed by atoms with Gasteiger partial charge in [-0.05, 0) is 39.4 Å². The van der Waals surface area contributed by atoms with E-state index in [1.165, 1.54) is 4.57 Å². The first-order valence-corrected chi connectivity index (χ1v) is 8.50. The molecule has 0 atom stereocenters. The Bertz CT molecular complexity index is 795. The Kier molecular flexibility index (Phi) is 6.41. The van der Waals surface area contributed by atoms with Gasteiger partial charge in [-0.3, -0.25) is 14.3 Å². The molecule has 0 radical (unpaired) electrons. The number of nitrogen functional groups attached to an aromatic ring is 1. The Morgan fingerprint density at radius 3 is 2.56 bits per heavy atom. The number of benzene rings is 1. The second-order valence-corrected chi connectivity index (χ2v) is 6.45. The zero-order chi connectivity index (χ0) is 18.4. The summed E-state index contributed by atoms with van der Waals surface area (Å²) in [7, 11) is 2.06. The van der Waals surface area contributed by atoms with Crippen molar-refractivity contribution in [2.24, 2.45) is 0 Å². The highest BCUT2D eigenvalue weighted by Crippen LogP contribution is 2.12. The number of aromatic nitrogens is 2. The topological polar surface area (TPSA) is 96.2 Å². The molecule has 0 aliphatic heterocycles. The number of nitrogens with two attached hydrogens (primary N) is 1. The number of nitrogens with zero attached hydrogens (tertiary/aromatic N) is 2. The van der Waals surface area contributed by atoms with E-state index in [0.29, 0.717) is 19.1 Å². The summed E-state index contributed by atoms with van der Waals surface area (Å²) in [6.07, 6.45) is 0.866. The van der Waals surface area contributed by atoms with Crippen LogP contribution in [0.4, 0.5) is 11.5 Å². The van der Waals surface area contributed by atoms with Gasteiger partial charge in [0.2, 0.25) is 0 Å². The molecule has 0 unspecified atom stereocenters. The SMILES string of the molecule is CC(C)N(C)CCCNc1c(N)n(Cc2ccccc2)c(=O)[nH]c1=O. The summed E-state index contributed by atoms with van der Waals surface area (Å²) in [5.74, 6) is 0.162. The lowest BCUT2D eigenvalue weighted by atomic mass is 10.2. The Morgan fingerprint density at radius 1 is 1.24 bits per heavy atom. The third-order valence-electron chi connectivity index (χ3n) is 4.29. The maximum Gasteiger partial charge on any atom is 0.330 e. The number of anilines is 2. The van der Waals surface area contributed by atoms with E-state index >= 15 is 0 Å². The first-order valence-electron chi connectivity index (χ1n) is 8.50. The van der Waals surface area contributed by atoms with Crippen LogP contribution < -0.4 is 22.3 Å². The molecule has 7 heteroatoms. The Labute approximate surface area is 147 Å². The van der Waals surface area contributed by atoms with Crippen LogP contribution in [0.25, 0.3) is 0 Å². The molecular weight excluding hydrogens is 318 g/mol. The summed E-state index contributed by atoms with van der Waals surface area (Å²) in [5, 5.41) is 3.07. The van der Waals surface area contributed by atoms with Crippen LogP contribution in [-0.4, -0.2) is 40.6 Å². The molecule has 0 aliphatic carbocycles. The number of hydrogen-bond acceptors (Lipinski definition) is 5. The molecule has 0 saturated carbocycles. The number of aromatic amines is 1. The lowest BCUT2D eigenvalue weighted by Gasteiger charge is -2.21. The molecular formula is C18H27N5O2. The van der Waals surface area contributed by atoms with E-state index < -0.39 is 11.2 Å². The fourth-order valence-electron chi connectivity index (χ4n) is 2.48. The molecule has 0 fully saturated rings. The highest BCUT2D eigenvalue weighted by atomic mass is 16.2. The fraction of sp³-hybridized carbons (Fsp3) is 0.444. The molecule has 2 aromatic rings. The fourth-order valence-corrected chi connectivity index (χ4v) is 2.48. The van der Waals surface area contributed by atoms with Crippen molar-refractivity contribution in [3.8, 4) is 0 Å². The lowest BCUT2D eigenvalue weighted by Crippen LogP contribution is -2.35. The lowest BCUT2D eigenvalue weighted by molar-refractivity contribution is 0.273. The Morgan fingerprint density at radius 2 is 1.92 bits per heavy atom. The number of rotatable bonds is 8. The predicted octanol–water partition coefficient (Wildman–Crippen LogP) is 1.31. The van der Waals surface area contributed by atoms with Crippen molar-refractivity contribution < 1.29 is 0 Å². The summed E-state index contributed by atoms with van der Waals surface area (Å²) in [6, 6.07) is 9.99. The smallest absolute Gasteiger partial charge is 0.330 e. The van der Waals surface area contributed by atoms with Gasteiger partial charge in [0.1, 0.15) is 11.5 Å². The molecule has 1 heterocycles. The number of nitrogens with one attached hydrogen (secondary N) is 2. The molecule has 0 bridgehead atoms. The third kappa shape index (κ3) is 4.96. The minimum Gasteiger partial charge on any atom is -0.383 e. The van der Waals surface area contributed by atoms with Crippen LogP contribution in [-0.2, 0) is 6.54 Å². The van der Waals surface area contributed by atoms with E-state index in [4.69, 9.17) is 5.73 Å². The molecule has 0 saturated heterocycles. The average molecular weight is 345 g/mol. The molecule has 136 valence electrons. The van der Waals surface area contributed by atoms with Crippen LogP contribution in [0.2, 0.25) is 0 Å². The predicted molar refractivity (Wildman–Crippen MR) is 102 cm³/mol. The summed E-state index contributed by atoms with van der Waals surface area (Å²) in [6.45, 7) is 6.10. The standard InChI is InChI=1S/C18H27N5O2/c1-13(2)22(3)11-7-10-20-15-16(19)23(18(25)21-17(15)24)12-14-8-5-4-6-9-14/h4-6,8-9,13,20H,7,10-12,19H2,1-3H3,(H,21,24,25). The van der Waals surface area contributed by atoms with E-state index in [9.17, 15) is 9.59 Å². The molecule has 7 nitrogen and oxygen atoms in total. The number of hydrogen-bond donors (Lipinski definition) is 3. The average Bonchev–Trinajstić information content (AvgIpc) is 2.58. The van der Waals surface area contributed by atoms with Gasteiger partial charge in [0.15, 0.2) is 0 Å². The first kappa shape index (κ1) is 18.8. The quantitative estimate of drug-likeness (QED) is 0.627. The van der Waals surface area contributed by atoms with Crippen molar-refractivity contribution in [2.45, 2.75) is 32.9 Å². The highest BCUT2D eigenvalue weighted by Gasteiger charge is 2.12. The molecule has 0 aliphatic rings. The van der Waals surface area contributed by atoms with Crippen molar-refractivity contribution in [1.82, 2.24) is 14.5 Å². The largest absolute Gasteiger partial charge is 0.383 e. The van der Waals surface area contributed by atoms with Gasteiger partial charge < -0.3 is 16.0 Å². The van der Waals surface area contributed by atoms with E-state index in [-0.39, 0.29) is 11.5 Å². The van der Waals surface area contributed by atoms with E-state index in [1.54, 1.807) is 0 Å². The van der Waals surface area contributed by atoms with E-state index in [2.05, 4.69) is 36.1 Å². The van der Waals surface area contributed by atoms with Crippen LogP contribution in [0, 0.1) is 0 Å². The molecule has 4 N–H and O–H groups in total. The normalized spacial score (nSPS) is 11.2. The second kappa shape index (κ2) is 8.53. The Hall–Kier alpha value is -2.54. The summed E-state index contributed by atoms with van der Waals surface area (Å²) in [4.78, 5) is 28.7. The summed E-state index contributed by atoms with van der Waals surface area (Å²) < 4.78 is 1.37. The maximum atomic E-state index is 12.1. The third-order valence-corrected chi connectivity index (χ3v) is 4.29. The maximum absolute atomic E-state index is 12.1. The minimum absolute atomic E-state index is 0.162. The minimum atomic E-state index is -0.503. The van der Waals surface area contributed by atoms with Crippen molar-refractivity contribution in [3.05, 3.63) is 56.7 Å². The van der Waals surface area contributed by atoms with Crippen molar-refractivity contribution in [2.75, 3.05) is 31.2 Å². The van der Waals surface area contributed by atoms with Gasteiger partial charge in [-0.1, -0.05) is 30.3 Å². The van der Waals surface area contributed by atoms with E-state index in [0.717, 1.165) is 18.5 Å². The van der Waals surface area contributed by atoms with Crippen LogP contribution in [0.1, 0.15) is 25.8 Å². The van der Waals surface area contributed by atoms with E-state index in [1.807, 2.05) is 30.3 Å². The van der Waals surface area contributed by atoms with Crippen molar-refractivity contribution in [3.63, 3.8) is 0 Å². The monoisotopic (exact) mass is 345 g/mol. The molecule has 0 spiro atoms. The van der Waals surface area contributed by atoms with Gasteiger partial charge >= 0.3 is 5.69 Å². The highest BCUT2D eigenvalue weighted by molar-refractivity contribution is 5.60. The molecule has 1 aromatic carbocycles. The zero-order valence-electron chi connectivity index (χ0n) is 15.1. The van der Waals surface area contributed by atoms with Crippen LogP contribution >= 0.6 is 0 Å². The number of H-pyrrole nitrogens is 1. The summed E-state index contributed by atoms with van der Waals surface area (Å²) >= 11 is 0. The van der Waals surface area contributed by atoms with Crippen LogP contribution in [0.3, 0.4) is 0 Å². The Balaban J connectivity index is 2.12. The molecule has 25 heavy (non-hydrogen) atoms. The van der Waals surface area contributed by atoms with Gasteiger partial charge in [-0.15, -0.1) is 0 Å². The van der Waals surface area contributed by atoms with Gasteiger partial charge in [0.05, 0.1) is 6.54 Å². The molecule has 2 rings (SSSR count). The summed E-state index contributed by atoms with van der Waals surface area (Å²) in [5.41, 5.74) is 6.30. The second-order valence-electron chi connectivity index (χ2n) is 6.45. The zero-order valence-corrected chi connectivity index (χ0v) is 15.1. The van der Waals surface area contributed by atoms with Crippen LogP contribution in [0.5, 0.6) is 0 Å². The van der Waals surface area contributed by atoms with Crippen molar-refractivity contribution in [1.29, 1.82) is 0 Å². The molecule has 0 amide bonds. The van der Waals surface area contributed by atoms with Gasteiger partial charge in [-0.25, -0.2) is 4.79 Å². The van der Waals surface area contributed by atoms with Gasteiger partial charge in [-0.2, -0.15) is 0 Å². The molecule has 1 aromatic heterocycles.